The highest BCUT2D eigenvalue weighted by molar-refractivity contribution is 6.53. The third kappa shape index (κ3) is 5.60. The summed E-state index contributed by atoms with van der Waals surface area (Å²) in [7, 11) is 0.664. The lowest BCUT2D eigenvalue weighted by Crippen LogP contribution is -2.58. The molecule has 8 heteroatoms. The number of amides is 1. The molecule has 2 aliphatic heterocycles. The van der Waals surface area contributed by atoms with Gasteiger partial charge in [-0.3, -0.25) is 9.69 Å². The molecule has 0 atom stereocenters. The van der Waals surface area contributed by atoms with E-state index in [1.165, 1.54) is 0 Å². The van der Waals surface area contributed by atoms with Crippen LogP contribution in [0.2, 0.25) is 11.6 Å². The highest BCUT2D eigenvalue weighted by Gasteiger charge is 2.32. The molecule has 2 saturated heterocycles. The van der Waals surface area contributed by atoms with Gasteiger partial charge < -0.3 is 19.0 Å². The number of carbonyl (C=O) groups is 1. The topological polar surface area (TPSA) is 45.2 Å². The van der Waals surface area contributed by atoms with Crippen LogP contribution in [0.3, 0.4) is 0 Å². The average Bonchev–Trinajstić information content (AvgIpc) is 2.66. The molecular weight excluding hydrogens is 401 g/mol. The molecule has 1 amide bonds. The molecule has 0 bridgehead atoms. The number of carbonyl (C=O) groups excluding carboxylic acids is 1. The first kappa shape index (κ1) is 23.2. The monoisotopic (exact) mass is 436 g/mol. The molecular formula is C22H35FN3O3Si. The number of hydrogen-bond donors (Lipinski definition) is 0. The number of likely N-dealkylation sites (tertiary alicyclic amines) is 1. The smallest absolute Gasteiger partial charge is 0.236 e. The summed E-state index contributed by atoms with van der Waals surface area (Å²) in [5.41, 5.74) is 1.25. The van der Waals surface area contributed by atoms with Gasteiger partial charge in [0.25, 0.3) is 0 Å². The van der Waals surface area contributed by atoms with Gasteiger partial charge in [0, 0.05) is 51.9 Å². The maximum atomic E-state index is 15.1. The Balaban J connectivity index is 1.51. The quantitative estimate of drug-likeness (QED) is 0.615. The number of piperazine rings is 1. The van der Waals surface area contributed by atoms with Gasteiger partial charge in [0.2, 0.25) is 14.9 Å². The fraction of sp³-hybridized carbons (Fsp3) is 0.682. The van der Waals surface area contributed by atoms with E-state index in [1.807, 2.05) is 23.1 Å². The van der Waals surface area contributed by atoms with Crippen molar-refractivity contribution in [3.8, 4) is 0 Å². The number of nitrogens with zero attached hydrogens (tertiary/aromatic N) is 3. The minimum absolute atomic E-state index is 0.118. The van der Waals surface area contributed by atoms with Crippen molar-refractivity contribution >= 4 is 20.6 Å². The van der Waals surface area contributed by atoms with E-state index in [0.717, 1.165) is 13.1 Å². The Hall–Kier alpha value is -1.48. The molecule has 30 heavy (non-hydrogen) atoms. The van der Waals surface area contributed by atoms with Crippen molar-refractivity contribution in [1.82, 2.24) is 9.80 Å². The van der Waals surface area contributed by atoms with E-state index in [2.05, 4.69) is 37.1 Å². The third-order valence-corrected chi connectivity index (χ3v) is 8.85. The summed E-state index contributed by atoms with van der Waals surface area (Å²) < 4.78 is 26.4. The lowest BCUT2D eigenvalue weighted by atomic mass is 10.1. The van der Waals surface area contributed by atoms with E-state index in [4.69, 9.17) is 9.16 Å². The Morgan fingerprint density at radius 2 is 1.87 bits per heavy atom. The Kier molecular flexibility index (Phi) is 7.55. The van der Waals surface area contributed by atoms with Crippen LogP contribution in [-0.4, -0.2) is 83.8 Å². The van der Waals surface area contributed by atoms with Crippen molar-refractivity contribution in [1.29, 1.82) is 0 Å². The predicted molar refractivity (Wildman–Crippen MR) is 119 cm³/mol. The average molecular weight is 437 g/mol. The van der Waals surface area contributed by atoms with E-state index in [1.54, 1.807) is 7.11 Å². The van der Waals surface area contributed by atoms with Crippen LogP contribution in [0.5, 0.6) is 0 Å². The van der Waals surface area contributed by atoms with Gasteiger partial charge in [-0.2, -0.15) is 0 Å². The molecule has 1 radical (unpaired) electrons. The van der Waals surface area contributed by atoms with E-state index in [-0.39, 0.29) is 22.9 Å². The molecule has 1 aromatic carbocycles. The van der Waals surface area contributed by atoms with Gasteiger partial charge in [-0.15, -0.1) is 0 Å². The summed E-state index contributed by atoms with van der Waals surface area (Å²) in [5.74, 6) is -0.0324. The fourth-order valence-corrected chi connectivity index (χ4v) is 4.36. The zero-order valence-electron chi connectivity index (χ0n) is 18.9. The Labute approximate surface area is 181 Å². The molecule has 0 saturated carbocycles. The zero-order chi connectivity index (χ0) is 21.9. The summed E-state index contributed by atoms with van der Waals surface area (Å²) in [5, 5.41) is 0.118. The second-order valence-electron chi connectivity index (χ2n) is 9.26. The summed E-state index contributed by atoms with van der Waals surface area (Å²) in [6.07, 6.45) is 0.179. The first-order valence-corrected chi connectivity index (χ1v) is 12.6. The summed E-state index contributed by atoms with van der Waals surface area (Å²) in [6, 6.07) is 5.56. The highest BCUT2D eigenvalue weighted by Crippen LogP contribution is 2.29. The summed E-state index contributed by atoms with van der Waals surface area (Å²) in [6.45, 7) is 13.6. The van der Waals surface area contributed by atoms with E-state index >= 15 is 4.39 Å². The molecule has 0 aliphatic carbocycles. The van der Waals surface area contributed by atoms with Gasteiger partial charge in [-0.05, 0) is 17.7 Å². The van der Waals surface area contributed by atoms with Crippen LogP contribution in [-0.2, 0) is 20.6 Å². The Bertz CT molecular complexity index is 729. The molecule has 6 nitrogen and oxygen atoms in total. The van der Waals surface area contributed by atoms with Gasteiger partial charge >= 0.3 is 0 Å². The molecule has 0 unspecified atom stereocenters. The molecule has 2 fully saturated rings. The molecule has 2 aliphatic rings. The summed E-state index contributed by atoms with van der Waals surface area (Å²) in [4.78, 5) is 18.4. The van der Waals surface area contributed by atoms with Crippen molar-refractivity contribution in [2.45, 2.75) is 45.1 Å². The van der Waals surface area contributed by atoms with Crippen LogP contribution < -0.4 is 4.90 Å². The predicted octanol–water partition coefficient (Wildman–Crippen LogP) is 2.74. The molecule has 0 aromatic heterocycles. The molecule has 0 spiro atoms. The second kappa shape index (κ2) is 9.76. The molecule has 0 N–H and O–H groups in total. The second-order valence-corrected chi connectivity index (χ2v) is 12.2. The van der Waals surface area contributed by atoms with Crippen LogP contribution in [0, 0.1) is 5.82 Å². The van der Waals surface area contributed by atoms with Crippen molar-refractivity contribution in [2.75, 3.05) is 57.8 Å². The Morgan fingerprint density at radius 3 is 2.47 bits per heavy atom. The highest BCUT2D eigenvalue weighted by atomic mass is 28.3. The van der Waals surface area contributed by atoms with Gasteiger partial charge in [0.05, 0.1) is 24.9 Å². The van der Waals surface area contributed by atoms with Gasteiger partial charge in [0.1, 0.15) is 0 Å². The largest absolute Gasteiger partial charge is 0.412 e. The van der Waals surface area contributed by atoms with Crippen LogP contribution in [0.25, 0.3) is 0 Å². The minimum atomic E-state index is -1.02. The molecule has 167 valence electrons. The lowest BCUT2D eigenvalue weighted by molar-refractivity contribution is -0.144. The third-order valence-electron chi connectivity index (χ3n) is 6.16. The van der Waals surface area contributed by atoms with Crippen molar-refractivity contribution in [3.63, 3.8) is 0 Å². The fourth-order valence-electron chi connectivity index (χ4n) is 3.55. The summed E-state index contributed by atoms with van der Waals surface area (Å²) >= 11 is 0. The number of methoxy groups -OCH3 is 1. The van der Waals surface area contributed by atoms with Crippen LogP contribution >= 0.6 is 0 Å². The van der Waals surface area contributed by atoms with Crippen molar-refractivity contribution in [3.05, 3.63) is 29.6 Å². The minimum Gasteiger partial charge on any atom is -0.412 e. The van der Waals surface area contributed by atoms with Crippen LogP contribution in [0.15, 0.2) is 18.2 Å². The maximum absolute atomic E-state index is 15.1. The van der Waals surface area contributed by atoms with Crippen molar-refractivity contribution in [2.24, 2.45) is 0 Å². The van der Waals surface area contributed by atoms with Gasteiger partial charge in [-0.1, -0.05) is 32.9 Å². The van der Waals surface area contributed by atoms with Crippen LogP contribution in [0.4, 0.5) is 10.1 Å². The molecule has 2 heterocycles. The van der Waals surface area contributed by atoms with Crippen LogP contribution in [0.1, 0.15) is 26.3 Å². The lowest BCUT2D eigenvalue weighted by Gasteiger charge is -2.41. The SMILES string of the molecule is COC1CN(C(=O)CN2CCN(c3cccc(CO[Si](C)C(C)(C)C)c3F)CC2)C1. The molecule has 3 rings (SSSR count). The van der Waals surface area contributed by atoms with E-state index in [9.17, 15) is 4.79 Å². The number of anilines is 1. The Morgan fingerprint density at radius 1 is 1.20 bits per heavy atom. The molecule has 1 aromatic rings. The van der Waals surface area contributed by atoms with E-state index < -0.39 is 9.04 Å². The number of halogens is 1. The number of rotatable bonds is 7. The maximum Gasteiger partial charge on any atom is 0.236 e. The number of hydrogen-bond acceptors (Lipinski definition) is 5. The first-order chi connectivity index (χ1) is 14.2. The van der Waals surface area contributed by atoms with E-state index in [0.29, 0.717) is 50.6 Å². The number of benzene rings is 1. The van der Waals surface area contributed by atoms with Crippen molar-refractivity contribution < 1.29 is 18.3 Å². The standard InChI is InChI=1S/C22H35FN3O3Si/c1-22(2,3)30(5)29-16-17-7-6-8-19(21(17)23)25-11-9-24(10-12-25)15-20(27)26-13-18(14-26)28-4/h6-8,18H,9-16H2,1-5H3. The number of ether oxygens (including phenoxy) is 1. The normalized spacial score (nSPS) is 18.8. The van der Waals surface area contributed by atoms with Gasteiger partial charge in [0.15, 0.2) is 5.82 Å². The first-order valence-electron chi connectivity index (χ1n) is 10.7. The zero-order valence-corrected chi connectivity index (χ0v) is 19.9. The van der Waals surface area contributed by atoms with Gasteiger partial charge in [-0.25, -0.2) is 4.39 Å².